The standard InChI is InChI=1S/C28H39FN4O2/c1-4-5-6-14-30-28(34)33-15-8-10-22-9-7-11-24(27(22)33)21(2)31-16-18-32(19-17-31)25-13-12-23(29)20-26(25)35-3/h7,9,11-13,20-21H,4-6,8,10,14-19H2,1-3H3,(H,30,34). The van der Waals surface area contributed by atoms with Gasteiger partial charge in [0.25, 0.3) is 0 Å². The van der Waals surface area contributed by atoms with Gasteiger partial charge in [-0.1, -0.05) is 38.0 Å². The van der Waals surface area contributed by atoms with Gasteiger partial charge in [0.05, 0.1) is 18.5 Å². The molecule has 2 amide bonds. The molecule has 1 unspecified atom stereocenters. The number of aryl methyl sites for hydroxylation is 1. The van der Waals surface area contributed by atoms with Gasteiger partial charge in [0, 0.05) is 51.4 Å². The summed E-state index contributed by atoms with van der Waals surface area (Å²) in [7, 11) is 1.58. The molecule has 190 valence electrons. The summed E-state index contributed by atoms with van der Waals surface area (Å²) in [5.41, 5.74) is 4.52. The highest BCUT2D eigenvalue weighted by Crippen LogP contribution is 2.37. The Hall–Kier alpha value is -2.80. The molecule has 1 saturated heterocycles. The number of fused-ring (bicyclic) bond motifs is 1. The summed E-state index contributed by atoms with van der Waals surface area (Å²) >= 11 is 0. The summed E-state index contributed by atoms with van der Waals surface area (Å²) in [6.07, 6.45) is 5.29. The van der Waals surface area contributed by atoms with Crippen molar-refractivity contribution in [3.63, 3.8) is 0 Å². The molecular weight excluding hydrogens is 443 g/mol. The Morgan fingerprint density at radius 3 is 2.66 bits per heavy atom. The van der Waals surface area contributed by atoms with Gasteiger partial charge in [0.15, 0.2) is 0 Å². The highest BCUT2D eigenvalue weighted by molar-refractivity contribution is 5.94. The van der Waals surface area contributed by atoms with Crippen LogP contribution in [0.1, 0.15) is 56.7 Å². The molecule has 1 N–H and O–H groups in total. The van der Waals surface area contributed by atoms with E-state index in [1.54, 1.807) is 13.2 Å². The first-order valence-corrected chi connectivity index (χ1v) is 13.0. The zero-order chi connectivity index (χ0) is 24.8. The number of rotatable bonds is 8. The van der Waals surface area contributed by atoms with Crippen molar-refractivity contribution < 1.29 is 13.9 Å². The Morgan fingerprint density at radius 2 is 1.91 bits per heavy atom. The monoisotopic (exact) mass is 482 g/mol. The molecule has 0 saturated carbocycles. The number of carbonyl (C=O) groups excluding carboxylic acids is 1. The van der Waals surface area contributed by atoms with Crippen LogP contribution in [-0.2, 0) is 6.42 Å². The SMILES string of the molecule is CCCCCNC(=O)N1CCCc2cccc(C(C)N3CCN(c4ccc(F)cc4OC)CC3)c21. The molecule has 2 aromatic carbocycles. The van der Waals surface area contributed by atoms with E-state index in [0.717, 1.165) is 82.7 Å². The van der Waals surface area contributed by atoms with Crippen LogP contribution in [0.15, 0.2) is 36.4 Å². The van der Waals surface area contributed by atoms with Crippen molar-refractivity contribution in [2.24, 2.45) is 0 Å². The fourth-order valence-corrected chi connectivity index (χ4v) is 5.35. The van der Waals surface area contributed by atoms with E-state index < -0.39 is 0 Å². The van der Waals surface area contributed by atoms with Gasteiger partial charge in [-0.05, 0) is 49.4 Å². The molecular formula is C28H39FN4O2. The number of amides is 2. The normalized spacial score (nSPS) is 17.1. The van der Waals surface area contributed by atoms with E-state index in [1.807, 2.05) is 4.90 Å². The number of ether oxygens (including phenoxy) is 1. The zero-order valence-corrected chi connectivity index (χ0v) is 21.4. The van der Waals surface area contributed by atoms with Crippen molar-refractivity contribution >= 4 is 17.4 Å². The first-order chi connectivity index (χ1) is 17.0. The maximum atomic E-state index is 13.6. The van der Waals surface area contributed by atoms with Gasteiger partial charge in [0.2, 0.25) is 0 Å². The van der Waals surface area contributed by atoms with Gasteiger partial charge in [-0.2, -0.15) is 0 Å². The number of para-hydroxylation sites is 1. The molecule has 1 atom stereocenters. The van der Waals surface area contributed by atoms with Crippen molar-refractivity contribution in [3.8, 4) is 5.75 Å². The van der Waals surface area contributed by atoms with Crippen molar-refractivity contribution in [1.82, 2.24) is 10.2 Å². The lowest BCUT2D eigenvalue weighted by Gasteiger charge is -2.41. The number of hydrogen-bond acceptors (Lipinski definition) is 4. The van der Waals surface area contributed by atoms with Crippen LogP contribution in [0.3, 0.4) is 0 Å². The van der Waals surface area contributed by atoms with E-state index in [9.17, 15) is 9.18 Å². The second kappa shape index (κ2) is 11.8. The Bertz CT molecular complexity index is 1010. The van der Waals surface area contributed by atoms with E-state index in [2.05, 4.69) is 47.2 Å². The summed E-state index contributed by atoms with van der Waals surface area (Å²) in [6.45, 7) is 9.34. The van der Waals surface area contributed by atoms with Crippen LogP contribution in [-0.4, -0.2) is 57.3 Å². The highest BCUT2D eigenvalue weighted by atomic mass is 19.1. The number of benzene rings is 2. The molecule has 0 aliphatic carbocycles. The van der Waals surface area contributed by atoms with Crippen LogP contribution in [0.5, 0.6) is 5.75 Å². The third-order valence-electron chi connectivity index (χ3n) is 7.34. The van der Waals surface area contributed by atoms with E-state index >= 15 is 0 Å². The Balaban J connectivity index is 1.47. The molecule has 2 aromatic rings. The van der Waals surface area contributed by atoms with Crippen LogP contribution in [0.25, 0.3) is 0 Å². The zero-order valence-electron chi connectivity index (χ0n) is 21.4. The van der Waals surface area contributed by atoms with Crippen LogP contribution >= 0.6 is 0 Å². The Morgan fingerprint density at radius 1 is 1.11 bits per heavy atom. The topological polar surface area (TPSA) is 48.1 Å². The van der Waals surface area contributed by atoms with E-state index in [-0.39, 0.29) is 17.9 Å². The molecule has 4 rings (SSSR count). The number of carbonyl (C=O) groups is 1. The molecule has 0 radical (unpaired) electrons. The minimum atomic E-state index is -0.286. The molecule has 0 spiro atoms. The van der Waals surface area contributed by atoms with Crippen LogP contribution in [0.2, 0.25) is 0 Å². The molecule has 6 nitrogen and oxygen atoms in total. The predicted octanol–water partition coefficient (Wildman–Crippen LogP) is 5.37. The molecule has 35 heavy (non-hydrogen) atoms. The van der Waals surface area contributed by atoms with Crippen LogP contribution in [0.4, 0.5) is 20.6 Å². The molecule has 7 heteroatoms. The van der Waals surface area contributed by atoms with Crippen LogP contribution < -0.4 is 19.9 Å². The second-order valence-electron chi connectivity index (χ2n) is 9.56. The van der Waals surface area contributed by atoms with Gasteiger partial charge in [0.1, 0.15) is 11.6 Å². The summed E-state index contributed by atoms with van der Waals surface area (Å²) in [4.78, 5) is 19.8. The van der Waals surface area contributed by atoms with Crippen molar-refractivity contribution in [1.29, 1.82) is 0 Å². The maximum absolute atomic E-state index is 13.6. The smallest absolute Gasteiger partial charge is 0.321 e. The summed E-state index contributed by atoms with van der Waals surface area (Å²) in [6, 6.07) is 11.4. The number of hydrogen-bond donors (Lipinski definition) is 1. The van der Waals surface area contributed by atoms with Crippen molar-refractivity contribution in [2.75, 3.05) is 56.2 Å². The number of methoxy groups -OCH3 is 1. The van der Waals surface area contributed by atoms with Crippen LogP contribution in [0, 0.1) is 5.82 Å². The van der Waals surface area contributed by atoms with Crippen molar-refractivity contribution in [3.05, 3.63) is 53.3 Å². The lowest BCUT2D eigenvalue weighted by atomic mass is 9.94. The lowest BCUT2D eigenvalue weighted by Crippen LogP contribution is -2.48. The largest absolute Gasteiger partial charge is 0.494 e. The Labute approximate surface area is 209 Å². The van der Waals surface area contributed by atoms with E-state index in [4.69, 9.17) is 4.74 Å². The van der Waals surface area contributed by atoms with E-state index in [1.165, 1.54) is 23.3 Å². The number of piperazine rings is 1. The molecule has 0 aromatic heterocycles. The second-order valence-corrected chi connectivity index (χ2v) is 9.56. The fourth-order valence-electron chi connectivity index (χ4n) is 5.35. The summed E-state index contributed by atoms with van der Waals surface area (Å²) in [5, 5.41) is 3.14. The van der Waals surface area contributed by atoms with Gasteiger partial charge < -0.3 is 15.0 Å². The van der Waals surface area contributed by atoms with Gasteiger partial charge >= 0.3 is 6.03 Å². The third kappa shape index (κ3) is 5.72. The predicted molar refractivity (Wildman–Crippen MR) is 140 cm³/mol. The average Bonchev–Trinajstić information content (AvgIpc) is 2.90. The minimum absolute atomic E-state index is 0.0231. The first kappa shape index (κ1) is 25.3. The van der Waals surface area contributed by atoms with Gasteiger partial charge in [-0.3, -0.25) is 9.80 Å². The number of nitrogens with zero attached hydrogens (tertiary/aromatic N) is 3. The van der Waals surface area contributed by atoms with Gasteiger partial charge in [-0.15, -0.1) is 0 Å². The maximum Gasteiger partial charge on any atom is 0.321 e. The third-order valence-corrected chi connectivity index (χ3v) is 7.34. The minimum Gasteiger partial charge on any atom is -0.494 e. The fraction of sp³-hybridized carbons (Fsp3) is 0.536. The number of urea groups is 1. The number of nitrogens with one attached hydrogen (secondary N) is 1. The highest BCUT2D eigenvalue weighted by Gasteiger charge is 2.30. The number of unbranched alkanes of at least 4 members (excludes halogenated alkanes) is 2. The number of anilines is 2. The molecule has 2 heterocycles. The Kier molecular flexibility index (Phi) is 8.50. The summed E-state index contributed by atoms with van der Waals surface area (Å²) < 4.78 is 19.1. The van der Waals surface area contributed by atoms with Gasteiger partial charge in [-0.25, -0.2) is 9.18 Å². The number of halogens is 1. The lowest BCUT2D eigenvalue weighted by molar-refractivity contribution is 0.198. The molecule has 2 aliphatic heterocycles. The average molecular weight is 483 g/mol. The molecule has 2 aliphatic rings. The quantitative estimate of drug-likeness (QED) is 0.514. The first-order valence-electron chi connectivity index (χ1n) is 13.0. The molecule has 1 fully saturated rings. The van der Waals surface area contributed by atoms with Crippen molar-refractivity contribution in [2.45, 2.75) is 52.0 Å². The molecule has 0 bridgehead atoms. The summed E-state index contributed by atoms with van der Waals surface area (Å²) in [5.74, 6) is 0.287. The van der Waals surface area contributed by atoms with E-state index in [0.29, 0.717) is 5.75 Å².